The van der Waals surface area contributed by atoms with Crippen molar-refractivity contribution in [3.05, 3.63) is 81.8 Å². The van der Waals surface area contributed by atoms with Crippen molar-refractivity contribution in [3.8, 4) is 17.1 Å². The van der Waals surface area contributed by atoms with Crippen molar-refractivity contribution in [1.82, 2.24) is 39.7 Å². The quantitative estimate of drug-likeness (QED) is 0.278. The van der Waals surface area contributed by atoms with Crippen molar-refractivity contribution in [1.29, 1.82) is 0 Å². The first-order valence-electron chi connectivity index (χ1n) is 12.8. The summed E-state index contributed by atoms with van der Waals surface area (Å²) in [5.74, 6) is -0.474. The lowest BCUT2D eigenvalue weighted by atomic mass is 10.1. The van der Waals surface area contributed by atoms with Crippen LogP contribution in [0.3, 0.4) is 0 Å². The number of amides is 2. The van der Waals surface area contributed by atoms with Gasteiger partial charge in [0.2, 0.25) is 5.91 Å². The molecule has 16 heteroatoms. The van der Waals surface area contributed by atoms with E-state index in [2.05, 4.69) is 25.8 Å². The van der Waals surface area contributed by atoms with E-state index < -0.39 is 24.5 Å². The zero-order valence-electron chi connectivity index (χ0n) is 21.8. The van der Waals surface area contributed by atoms with Gasteiger partial charge in [-0.2, -0.15) is 13.2 Å². The molecular formula is C26H24ClF3N8O4. The smallest absolute Gasteiger partial charge is 0.382 e. The van der Waals surface area contributed by atoms with E-state index in [0.717, 1.165) is 9.25 Å². The molecule has 3 heterocycles. The minimum atomic E-state index is -4.95. The number of hydrogen-bond donors (Lipinski definition) is 3. The van der Waals surface area contributed by atoms with Gasteiger partial charge in [0.05, 0.1) is 17.8 Å². The predicted molar refractivity (Wildman–Crippen MR) is 143 cm³/mol. The molecule has 0 saturated carbocycles. The Morgan fingerprint density at radius 3 is 2.57 bits per heavy atom. The Morgan fingerprint density at radius 2 is 1.88 bits per heavy atom. The Kier molecular flexibility index (Phi) is 8.13. The van der Waals surface area contributed by atoms with Crippen LogP contribution in [0.25, 0.3) is 17.1 Å². The van der Waals surface area contributed by atoms with Gasteiger partial charge in [-0.05, 0) is 42.8 Å². The third-order valence-corrected chi connectivity index (χ3v) is 6.84. The number of carbonyl (C=O) groups excluding carboxylic acids is 2. The molecule has 5 rings (SSSR count). The number of aliphatic hydroxyl groups is 1. The lowest BCUT2D eigenvalue weighted by Crippen LogP contribution is -2.47. The average molecular weight is 605 g/mol. The molecule has 2 aromatic heterocycles. The zero-order chi connectivity index (χ0) is 30.0. The summed E-state index contributed by atoms with van der Waals surface area (Å²) < 4.78 is 42.3. The van der Waals surface area contributed by atoms with Crippen molar-refractivity contribution >= 4 is 23.4 Å². The summed E-state index contributed by atoms with van der Waals surface area (Å²) in [6, 6.07) is 12.4. The fourth-order valence-corrected chi connectivity index (χ4v) is 4.53. The second kappa shape index (κ2) is 11.8. The van der Waals surface area contributed by atoms with E-state index in [4.69, 9.17) is 11.6 Å². The van der Waals surface area contributed by atoms with E-state index >= 15 is 0 Å². The number of halogens is 4. The van der Waals surface area contributed by atoms with E-state index in [9.17, 15) is 32.7 Å². The van der Waals surface area contributed by atoms with Crippen LogP contribution in [0.5, 0.6) is 0 Å². The fourth-order valence-electron chi connectivity index (χ4n) is 4.40. The van der Waals surface area contributed by atoms with Crippen molar-refractivity contribution in [2.24, 2.45) is 0 Å². The average Bonchev–Trinajstić information content (AvgIpc) is 3.55. The molecule has 42 heavy (non-hydrogen) atoms. The predicted octanol–water partition coefficient (Wildman–Crippen LogP) is 1.93. The van der Waals surface area contributed by atoms with Crippen molar-refractivity contribution in [2.75, 3.05) is 6.54 Å². The molecule has 3 N–H and O–H groups in total. The number of nitrogens with one attached hydrogen (secondary N) is 2. The van der Waals surface area contributed by atoms with Crippen LogP contribution in [0.1, 0.15) is 29.0 Å². The van der Waals surface area contributed by atoms with Gasteiger partial charge in [0.15, 0.2) is 17.8 Å². The van der Waals surface area contributed by atoms with Crippen LogP contribution < -0.4 is 16.3 Å². The standard InChI is InChI=1S/C26H24ClF3N8O4/c27-16-7-5-15(6-8-16)23-35-37(25(42)36(23)12-20(39)26(28,29)30)13-21-32-14-38(34-21)19-4-2-1-3-18(19)24(41)33-17-9-10-22(40)31-11-17/h1-8,14,17,20,39H,9-13H2,(H,31,40)(H,33,41)/t17?,20-/m0/s1. The van der Waals surface area contributed by atoms with Crippen LogP contribution in [-0.4, -0.2) is 70.9 Å². The topological polar surface area (TPSA) is 149 Å². The highest BCUT2D eigenvalue weighted by Crippen LogP contribution is 2.24. The lowest BCUT2D eigenvalue weighted by Gasteiger charge is -2.23. The molecule has 12 nitrogen and oxygen atoms in total. The largest absolute Gasteiger partial charge is 0.416 e. The number of para-hydroxylation sites is 1. The third-order valence-electron chi connectivity index (χ3n) is 6.59. The summed E-state index contributed by atoms with van der Waals surface area (Å²) in [4.78, 5) is 41.8. The summed E-state index contributed by atoms with van der Waals surface area (Å²) in [6.07, 6.45) is -5.61. The van der Waals surface area contributed by atoms with Gasteiger partial charge in [0.1, 0.15) is 12.9 Å². The summed E-state index contributed by atoms with van der Waals surface area (Å²) in [5.41, 5.74) is 0.0691. The van der Waals surface area contributed by atoms with Gasteiger partial charge in [-0.3, -0.25) is 14.2 Å². The van der Waals surface area contributed by atoms with Gasteiger partial charge < -0.3 is 15.7 Å². The van der Waals surface area contributed by atoms with E-state index in [1.807, 2.05) is 0 Å². The molecule has 1 fully saturated rings. The molecule has 1 aliphatic rings. The van der Waals surface area contributed by atoms with Gasteiger partial charge in [0, 0.05) is 29.6 Å². The van der Waals surface area contributed by atoms with E-state index in [1.54, 1.807) is 24.3 Å². The maximum absolute atomic E-state index is 13.1. The van der Waals surface area contributed by atoms with E-state index in [0.29, 0.717) is 41.2 Å². The molecule has 0 aliphatic carbocycles. The van der Waals surface area contributed by atoms with Gasteiger partial charge in [0.25, 0.3) is 5.91 Å². The number of hydrogen-bond acceptors (Lipinski definition) is 7. The SMILES string of the molecule is O=C1CCC(NC(=O)c2ccccc2-n2cnc(Cn3nc(-c4ccc(Cl)cc4)n(C[C@H](O)C(F)(F)F)c3=O)n2)CN1. The lowest BCUT2D eigenvalue weighted by molar-refractivity contribution is -0.207. The maximum Gasteiger partial charge on any atom is 0.416 e. The van der Waals surface area contributed by atoms with Crippen LogP contribution in [-0.2, 0) is 17.9 Å². The monoisotopic (exact) mass is 604 g/mol. The van der Waals surface area contributed by atoms with Gasteiger partial charge in [-0.15, -0.1) is 10.2 Å². The third kappa shape index (κ3) is 6.36. The molecule has 2 amide bonds. The molecule has 4 aromatic rings. The first kappa shape index (κ1) is 29.0. The van der Waals surface area contributed by atoms with Crippen molar-refractivity contribution in [2.45, 2.75) is 44.3 Å². The summed E-state index contributed by atoms with van der Waals surface area (Å²) in [6.45, 7) is -1.06. The molecular weight excluding hydrogens is 581 g/mol. The number of piperidine rings is 1. The Labute approximate surface area is 240 Å². The normalized spacial score (nSPS) is 16.2. The van der Waals surface area contributed by atoms with Crippen molar-refractivity contribution in [3.63, 3.8) is 0 Å². The van der Waals surface area contributed by atoms with Crippen LogP contribution >= 0.6 is 11.6 Å². The number of nitrogens with zero attached hydrogens (tertiary/aromatic N) is 6. The number of rotatable bonds is 8. The Morgan fingerprint density at radius 1 is 1.14 bits per heavy atom. The van der Waals surface area contributed by atoms with Crippen LogP contribution in [0.2, 0.25) is 5.02 Å². The number of aromatic nitrogens is 6. The second-order valence-electron chi connectivity index (χ2n) is 9.57. The van der Waals surface area contributed by atoms with E-state index in [-0.39, 0.29) is 36.0 Å². The minimum absolute atomic E-state index is 0.0724. The molecule has 2 aromatic carbocycles. The second-order valence-corrected chi connectivity index (χ2v) is 10.0. The molecule has 0 bridgehead atoms. The first-order chi connectivity index (χ1) is 20.0. The molecule has 0 spiro atoms. The summed E-state index contributed by atoms with van der Waals surface area (Å²) in [7, 11) is 0. The number of aliphatic hydroxyl groups excluding tert-OH is 1. The van der Waals surface area contributed by atoms with Crippen LogP contribution in [0, 0.1) is 0 Å². The van der Waals surface area contributed by atoms with Crippen LogP contribution in [0.15, 0.2) is 59.7 Å². The zero-order valence-corrected chi connectivity index (χ0v) is 22.5. The Hall–Kier alpha value is -4.50. The highest BCUT2D eigenvalue weighted by atomic mass is 35.5. The Bertz CT molecular complexity index is 1650. The minimum Gasteiger partial charge on any atom is -0.382 e. The fraction of sp³-hybridized carbons (Fsp3) is 0.308. The van der Waals surface area contributed by atoms with Gasteiger partial charge in [-0.1, -0.05) is 23.7 Å². The van der Waals surface area contributed by atoms with Gasteiger partial charge in [-0.25, -0.2) is 19.1 Å². The molecule has 220 valence electrons. The summed E-state index contributed by atoms with van der Waals surface area (Å²) >= 11 is 5.92. The number of alkyl halides is 3. The number of benzene rings is 2. The molecule has 1 unspecified atom stereocenters. The Balaban J connectivity index is 1.41. The van der Waals surface area contributed by atoms with Gasteiger partial charge >= 0.3 is 11.9 Å². The molecule has 1 aliphatic heterocycles. The van der Waals surface area contributed by atoms with Crippen LogP contribution in [0.4, 0.5) is 13.2 Å². The van der Waals surface area contributed by atoms with E-state index in [1.165, 1.54) is 35.3 Å². The van der Waals surface area contributed by atoms with Crippen molar-refractivity contribution < 1.29 is 27.9 Å². The number of carbonyl (C=O) groups is 2. The highest BCUT2D eigenvalue weighted by Gasteiger charge is 2.39. The molecule has 2 atom stereocenters. The maximum atomic E-state index is 13.1. The summed E-state index contributed by atoms with van der Waals surface area (Å²) in [5, 5.41) is 24.2. The molecule has 1 saturated heterocycles. The molecule has 0 radical (unpaired) electrons. The first-order valence-corrected chi connectivity index (χ1v) is 13.1. The highest BCUT2D eigenvalue weighted by molar-refractivity contribution is 6.30.